The summed E-state index contributed by atoms with van der Waals surface area (Å²) in [6.45, 7) is 3.97. The van der Waals surface area contributed by atoms with E-state index in [2.05, 4.69) is 6.92 Å². The minimum atomic E-state index is 0.152. The Hall–Kier alpha value is -0.120. The molecule has 3 N–H and O–H groups in total. The maximum Gasteiger partial charge on any atom is 0.0474 e. The Labute approximate surface area is 80.3 Å². The van der Waals surface area contributed by atoms with E-state index in [1.165, 1.54) is 0 Å². The zero-order chi connectivity index (χ0) is 9.68. The van der Waals surface area contributed by atoms with E-state index in [1.54, 1.807) is 0 Å². The Balaban J connectivity index is 2.38. The summed E-state index contributed by atoms with van der Waals surface area (Å²) in [6.07, 6.45) is 3.07. The Kier molecular flexibility index (Phi) is 4.70. The van der Waals surface area contributed by atoms with Crippen LogP contribution in [0.1, 0.15) is 26.2 Å². The molecule has 1 fully saturated rings. The molecule has 1 saturated heterocycles. The van der Waals surface area contributed by atoms with Gasteiger partial charge in [-0.3, -0.25) is 0 Å². The molecule has 1 aliphatic heterocycles. The second kappa shape index (κ2) is 5.58. The molecule has 3 heteroatoms. The normalized spacial score (nSPS) is 24.2. The average molecular weight is 187 g/mol. The van der Waals surface area contributed by atoms with Gasteiger partial charge in [-0.2, -0.15) is 0 Å². The number of nitrogens with two attached hydrogens (primary N) is 1. The highest BCUT2D eigenvalue weighted by Crippen LogP contribution is 2.23. The topological polar surface area (TPSA) is 55.5 Å². The van der Waals surface area contributed by atoms with Crippen molar-refractivity contribution in [1.82, 2.24) is 0 Å². The lowest BCUT2D eigenvalue weighted by Gasteiger charge is -2.31. The van der Waals surface area contributed by atoms with Crippen LogP contribution in [0.3, 0.4) is 0 Å². The van der Waals surface area contributed by atoms with Gasteiger partial charge < -0.3 is 15.6 Å². The van der Waals surface area contributed by atoms with E-state index in [9.17, 15) is 0 Å². The summed E-state index contributed by atoms with van der Waals surface area (Å²) in [4.78, 5) is 0. The maximum absolute atomic E-state index is 9.12. The molecule has 1 rings (SSSR count). The fraction of sp³-hybridized carbons (Fsp3) is 1.00. The summed E-state index contributed by atoms with van der Waals surface area (Å²) < 4.78 is 5.28. The summed E-state index contributed by atoms with van der Waals surface area (Å²) in [5.74, 6) is 0.814. The number of hydrogen-bond donors (Lipinski definition) is 2. The predicted molar refractivity (Wildman–Crippen MR) is 52.4 cm³/mol. The predicted octanol–water partition coefficient (Wildman–Crippen LogP) is 0.759. The Bertz CT molecular complexity index is 131. The Morgan fingerprint density at radius 1 is 1.46 bits per heavy atom. The molecular weight excluding hydrogens is 166 g/mol. The summed E-state index contributed by atoms with van der Waals surface area (Å²) in [5, 5.41) is 9.12. The zero-order valence-electron chi connectivity index (χ0n) is 8.41. The first-order chi connectivity index (χ1) is 6.29. The SMILES string of the molecule is CCC(CO)C(N)C1CCOCC1. The van der Waals surface area contributed by atoms with Crippen LogP contribution >= 0.6 is 0 Å². The van der Waals surface area contributed by atoms with Gasteiger partial charge in [-0.1, -0.05) is 6.92 Å². The van der Waals surface area contributed by atoms with Gasteiger partial charge in [0.15, 0.2) is 0 Å². The van der Waals surface area contributed by atoms with E-state index >= 15 is 0 Å². The quantitative estimate of drug-likeness (QED) is 0.683. The molecule has 78 valence electrons. The van der Waals surface area contributed by atoms with E-state index in [1.807, 2.05) is 0 Å². The van der Waals surface area contributed by atoms with E-state index in [0.717, 1.165) is 32.5 Å². The number of aliphatic hydroxyl groups is 1. The van der Waals surface area contributed by atoms with Crippen LogP contribution in [0.2, 0.25) is 0 Å². The lowest BCUT2D eigenvalue weighted by Crippen LogP contribution is -2.41. The van der Waals surface area contributed by atoms with Gasteiger partial charge in [0.1, 0.15) is 0 Å². The van der Waals surface area contributed by atoms with E-state index in [-0.39, 0.29) is 18.6 Å². The highest BCUT2D eigenvalue weighted by Gasteiger charge is 2.26. The van der Waals surface area contributed by atoms with Gasteiger partial charge in [0.25, 0.3) is 0 Å². The third-order valence-corrected chi connectivity index (χ3v) is 3.11. The van der Waals surface area contributed by atoms with E-state index in [4.69, 9.17) is 15.6 Å². The summed E-state index contributed by atoms with van der Waals surface area (Å²) in [5.41, 5.74) is 6.10. The third kappa shape index (κ3) is 2.93. The monoisotopic (exact) mass is 187 g/mol. The van der Waals surface area contributed by atoms with Crippen LogP contribution in [-0.4, -0.2) is 31.0 Å². The molecular formula is C10H21NO2. The molecule has 3 nitrogen and oxygen atoms in total. The molecule has 1 heterocycles. The van der Waals surface area contributed by atoms with Crippen molar-refractivity contribution in [2.45, 2.75) is 32.2 Å². The highest BCUT2D eigenvalue weighted by atomic mass is 16.5. The van der Waals surface area contributed by atoms with Crippen LogP contribution in [0.25, 0.3) is 0 Å². The highest BCUT2D eigenvalue weighted by molar-refractivity contribution is 4.80. The molecule has 0 bridgehead atoms. The van der Waals surface area contributed by atoms with Crippen molar-refractivity contribution >= 4 is 0 Å². The molecule has 13 heavy (non-hydrogen) atoms. The number of hydrogen-bond acceptors (Lipinski definition) is 3. The van der Waals surface area contributed by atoms with E-state index < -0.39 is 0 Å². The molecule has 0 aromatic heterocycles. The molecule has 0 spiro atoms. The molecule has 0 saturated carbocycles. The number of ether oxygens (including phenoxy) is 1. The molecule has 1 aliphatic rings. The Morgan fingerprint density at radius 2 is 2.08 bits per heavy atom. The smallest absolute Gasteiger partial charge is 0.0474 e. The van der Waals surface area contributed by atoms with Crippen molar-refractivity contribution in [2.24, 2.45) is 17.6 Å². The van der Waals surface area contributed by atoms with Crippen LogP contribution in [0.5, 0.6) is 0 Å². The first-order valence-electron chi connectivity index (χ1n) is 5.23. The average Bonchev–Trinajstić information content (AvgIpc) is 2.21. The van der Waals surface area contributed by atoms with Gasteiger partial charge in [-0.05, 0) is 31.1 Å². The summed E-state index contributed by atoms with van der Waals surface area (Å²) in [6, 6.07) is 0.152. The van der Waals surface area contributed by atoms with Crippen LogP contribution in [0, 0.1) is 11.8 Å². The number of rotatable bonds is 4. The molecule has 2 unspecified atom stereocenters. The van der Waals surface area contributed by atoms with Crippen LogP contribution < -0.4 is 5.73 Å². The van der Waals surface area contributed by atoms with Gasteiger partial charge in [0.05, 0.1) is 0 Å². The minimum Gasteiger partial charge on any atom is -0.396 e. The zero-order valence-corrected chi connectivity index (χ0v) is 8.41. The van der Waals surface area contributed by atoms with Crippen molar-refractivity contribution in [2.75, 3.05) is 19.8 Å². The van der Waals surface area contributed by atoms with Crippen molar-refractivity contribution in [3.05, 3.63) is 0 Å². The lowest BCUT2D eigenvalue weighted by molar-refractivity contribution is 0.0445. The summed E-state index contributed by atoms with van der Waals surface area (Å²) >= 11 is 0. The minimum absolute atomic E-state index is 0.152. The van der Waals surface area contributed by atoms with Gasteiger partial charge in [-0.15, -0.1) is 0 Å². The lowest BCUT2D eigenvalue weighted by atomic mass is 9.83. The maximum atomic E-state index is 9.12. The first kappa shape index (κ1) is 11.0. The van der Waals surface area contributed by atoms with Gasteiger partial charge in [0.2, 0.25) is 0 Å². The van der Waals surface area contributed by atoms with Gasteiger partial charge >= 0.3 is 0 Å². The second-order valence-electron chi connectivity index (χ2n) is 3.88. The van der Waals surface area contributed by atoms with E-state index in [0.29, 0.717) is 5.92 Å². The second-order valence-corrected chi connectivity index (χ2v) is 3.88. The Morgan fingerprint density at radius 3 is 2.54 bits per heavy atom. The number of aliphatic hydroxyl groups excluding tert-OH is 1. The summed E-state index contributed by atoms with van der Waals surface area (Å²) in [7, 11) is 0. The molecule has 0 radical (unpaired) electrons. The van der Waals surface area contributed by atoms with Crippen molar-refractivity contribution < 1.29 is 9.84 Å². The largest absolute Gasteiger partial charge is 0.396 e. The molecule has 2 atom stereocenters. The molecule has 0 amide bonds. The van der Waals surface area contributed by atoms with Crippen LogP contribution in [0.4, 0.5) is 0 Å². The fourth-order valence-corrected chi connectivity index (χ4v) is 2.01. The van der Waals surface area contributed by atoms with Crippen LogP contribution in [0.15, 0.2) is 0 Å². The molecule has 0 aromatic carbocycles. The standard InChI is InChI=1S/C10H21NO2/c1-2-8(7-12)10(11)9-3-5-13-6-4-9/h8-10,12H,2-7,11H2,1H3. The van der Waals surface area contributed by atoms with Crippen molar-refractivity contribution in [3.63, 3.8) is 0 Å². The molecule has 0 aromatic rings. The van der Waals surface area contributed by atoms with Gasteiger partial charge in [0, 0.05) is 25.9 Å². The molecule has 0 aliphatic carbocycles. The van der Waals surface area contributed by atoms with Crippen LogP contribution in [-0.2, 0) is 4.74 Å². The van der Waals surface area contributed by atoms with Crippen molar-refractivity contribution in [1.29, 1.82) is 0 Å². The third-order valence-electron chi connectivity index (χ3n) is 3.11. The fourth-order valence-electron chi connectivity index (χ4n) is 2.01. The first-order valence-corrected chi connectivity index (χ1v) is 5.23. The van der Waals surface area contributed by atoms with Crippen molar-refractivity contribution in [3.8, 4) is 0 Å². The van der Waals surface area contributed by atoms with Gasteiger partial charge in [-0.25, -0.2) is 0 Å².